The molecule has 0 amide bonds. The van der Waals surface area contributed by atoms with Gasteiger partial charge in [0, 0.05) is 12.6 Å². The smallest absolute Gasteiger partial charge is 0.0208 e. The third kappa shape index (κ3) is 4.18. The zero-order chi connectivity index (χ0) is 15.4. The number of aryl methyl sites for hydroxylation is 1. The number of rotatable bonds is 5. The van der Waals surface area contributed by atoms with Crippen molar-refractivity contribution < 1.29 is 0 Å². The van der Waals surface area contributed by atoms with Gasteiger partial charge in [-0.25, -0.2) is 0 Å². The Morgan fingerprint density at radius 1 is 0.905 bits per heavy atom. The van der Waals surface area contributed by atoms with E-state index in [1.807, 2.05) is 0 Å². The van der Waals surface area contributed by atoms with Crippen LogP contribution in [0.3, 0.4) is 0 Å². The minimum atomic E-state index is 0.514. The predicted molar refractivity (Wildman–Crippen MR) is 92.7 cm³/mol. The number of hydrogen-bond acceptors (Lipinski definition) is 1. The summed E-state index contributed by atoms with van der Waals surface area (Å²) in [6.45, 7) is 11.9. The highest BCUT2D eigenvalue weighted by atomic mass is 14.9. The summed E-state index contributed by atoms with van der Waals surface area (Å²) in [7, 11) is 0. The molecule has 0 radical (unpaired) electrons. The van der Waals surface area contributed by atoms with E-state index in [4.69, 9.17) is 0 Å². The molecular formula is C20H27N. The Hall–Kier alpha value is -1.60. The monoisotopic (exact) mass is 281 g/mol. The van der Waals surface area contributed by atoms with E-state index in [2.05, 4.69) is 82.4 Å². The van der Waals surface area contributed by atoms with Gasteiger partial charge in [-0.1, -0.05) is 64.1 Å². The molecule has 0 aliphatic heterocycles. The molecule has 1 N–H and O–H groups in total. The van der Waals surface area contributed by atoms with Gasteiger partial charge in [0.1, 0.15) is 0 Å². The van der Waals surface area contributed by atoms with E-state index >= 15 is 0 Å². The summed E-state index contributed by atoms with van der Waals surface area (Å²) in [6.07, 6.45) is 0. The highest BCUT2D eigenvalue weighted by molar-refractivity contribution is 5.68. The summed E-state index contributed by atoms with van der Waals surface area (Å²) in [4.78, 5) is 0. The zero-order valence-corrected chi connectivity index (χ0v) is 13.9. The Morgan fingerprint density at radius 2 is 1.57 bits per heavy atom. The highest BCUT2D eigenvalue weighted by Gasteiger charge is 2.05. The quantitative estimate of drug-likeness (QED) is 0.786. The average molecular weight is 281 g/mol. The second kappa shape index (κ2) is 6.91. The maximum Gasteiger partial charge on any atom is 0.0208 e. The van der Waals surface area contributed by atoms with Crippen LogP contribution in [0.2, 0.25) is 0 Å². The van der Waals surface area contributed by atoms with Gasteiger partial charge in [0.2, 0.25) is 0 Å². The maximum absolute atomic E-state index is 3.48. The molecular weight excluding hydrogens is 254 g/mol. The standard InChI is InChI=1S/C20H27N/c1-14(2)18-8-10-19(11-9-18)20-12-17(7-6-16(20)5)13-21-15(3)4/h6-12,14-15,21H,13H2,1-5H3. The summed E-state index contributed by atoms with van der Waals surface area (Å²) in [6, 6.07) is 16.3. The minimum absolute atomic E-state index is 0.514. The van der Waals surface area contributed by atoms with Crippen LogP contribution in [-0.4, -0.2) is 6.04 Å². The second-order valence-corrected chi connectivity index (χ2v) is 6.46. The van der Waals surface area contributed by atoms with E-state index in [0.29, 0.717) is 12.0 Å². The van der Waals surface area contributed by atoms with Crippen molar-refractivity contribution in [1.82, 2.24) is 5.32 Å². The second-order valence-electron chi connectivity index (χ2n) is 6.46. The van der Waals surface area contributed by atoms with E-state index in [0.717, 1.165) is 6.54 Å². The topological polar surface area (TPSA) is 12.0 Å². The van der Waals surface area contributed by atoms with Crippen molar-refractivity contribution in [2.24, 2.45) is 0 Å². The Bertz CT molecular complexity index is 579. The van der Waals surface area contributed by atoms with Gasteiger partial charge in [-0.15, -0.1) is 0 Å². The molecule has 0 heterocycles. The first-order valence-electron chi connectivity index (χ1n) is 7.90. The molecule has 2 aromatic carbocycles. The lowest BCUT2D eigenvalue weighted by Gasteiger charge is -2.13. The highest BCUT2D eigenvalue weighted by Crippen LogP contribution is 2.26. The molecule has 0 aliphatic rings. The van der Waals surface area contributed by atoms with Crippen molar-refractivity contribution in [2.45, 2.75) is 53.1 Å². The molecule has 112 valence electrons. The maximum atomic E-state index is 3.48. The Morgan fingerprint density at radius 3 is 2.14 bits per heavy atom. The molecule has 0 fully saturated rings. The van der Waals surface area contributed by atoms with Gasteiger partial charge < -0.3 is 5.32 Å². The van der Waals surface area contributed by atoms with Gasteiger partial charge in [-0.3, -0.25) is 0 Å². The average Bonchev–Trinajstić information content (AvgIpc) is 2.46. The Kier molecular flexibility index (Phi) is 5.19. The van der Waals surface area contributed by atoms with Crippen molar-refractivity contribution in [3.63, 3.8) is 0 Å². The number of benzene rings is 2. The molecule has 0 saturated carbocycles. The van der Waals surface area contributed by atoms with Crippen LogP contribution in [-0.2, 0) is 6.54 Å². The van der Waals surface area contributed by atoms with E-state index in [-0.39, 0.29) is 0 Å². The molecule has 0 bridgehead atoms. The summed E-state index contributed by atoms with van der Waals surface area (Å²) in [5.41, 5.74) is 6.73. The SMILES string of the molecule is Cc1ccc(CNC(C)C)cc1-c1ccc(C(C)C)cc1. The van der Waals surface area contributed by atoms with E-state index < -0.39 is 0 Å². The summed E-state index contributed by atoms with van der Waals surface area (Å²) in [5, 5.41) is 3.48. The van der Waals surface area contributed by atoms with E-state index in [9.17, 15) is 0 Å². The van der Waals surface area contributed by atoms with Crippen LogP contribution in [0.15, 0.2) is 42.5 Å². The molecule has 21 heavy (non-hydrogen) atoms. The molecule has 0 aliphatic carbocycles. The molecule has 1 heteroatoms. The molecule has 0 spiro atoms. The van der Waals surface area contributed by atoms with Crippen LogP contribution >= 0.6 is 0 Å². The first-order valence-corrected chi connectivity index (χ1v) is 7.90. The molecule has 0 atom stereocenters. The lowest BCUT2D eigenvalue weighted by atomic mass is 9.95. The lowest BCUT2D eigenvalue weighted by Crippen LogP contribution is -2.21. The fourth-order valence-electron chi connectivity index (χ4n) is 2.46. The lowest BCUT2D eigenvalue weighted by molar-refractivity contribution is 0.589. The third-order valence-electron chi connectivity index (χ3n) is 3.90. The molecule has 2 rings (SSSR count). The molecule has 2 aromatic rings. The molecule has 0 unspecified atom stereocenters. The first-order chi connectivity index (χ1) is 9.97. The van der Waals surface area contributed by atoms with Crippen LogP contribution in [0.4, 0.5) is 0 Å². The normalized spacial score (nSPS) is 11.4. The summed E-state index contributed by atoms with van der Waals surface area (Å²) < 4.78 is 0. The Balaban J connectivity index is 2.27. The van der Waals surface area contributed by atoms with Crippen LogP contribution in [0.25, 0.3) is 11.1 Å². The fraction of sp³-hybridized carbons (Fsp3) is 0.400. The molecule has 0 saturated heterocycles. The van der Waals surface area contributed by atoms with E-state index in [1.165, 1.54) is 27.8 Å². The summed E-state index contributed by atoms with van der Waals surface area (Å²) >= 11 is 0. The predicted octanol–water partition coefficient (Wildman–Crippen LogP) is 5.28. The molecule has 1 nitrogen and oxygen atoms in total. The van der Waals surface area contributed by atoms with Crippen LogP contribution < -0.4 is 5.32 Å². The number of nitrogens with one attached hydrogen (secondary N) is 1. The van der Waals surface area contributed by atoms with Gasteiger partial charge >= 0.3 is 0 Å². The Labute approximate surface area is 129 Å². The van der Waals surface area contributed by atoms with Crippen LogP contribution in [0, 0.1) is 6.92 Å². The number of hydrogen-bond donors (Lipinski definition) is 1. The van der Waals surface area contributed by atoms with Gasteiger partial charge in [-0.2, -0.15) is 0 Å². The van der Waals surface area contributed by atoms with Crippen molar-refractivity contribution in [2.75, 3.05) is 0 Å². The van der Waals surface area contributed by atoms with E-state index in [1.54, 1.807) is 0 Å². The van der Waals surface area contributed by atoms with Crippen molar-refractivity contribution in [1.29, 1.82) is 0 Å². The van der Waals surface area contributed by atoms with Gasteiger partial charge in [-0.05, 0) is 46.7 Å². The third-order valence-corrected chi connectivity index (χ3v) is 3.90. The van der Waals surface area contributed by atoms with Gasteiger partial charge in [0.25, 0.3) is 0 Å². The van der Waals surface area contributed by atoms with Crippen LogP contribution in [0.1, 0.15) is 50.3 Å². The van der Waals surface area contributed by atoms with Crippen molar-refractivity contribution in [3.05, 3.63) is 59.2 Å². The van der Waals surface area contributed by atoms with Crippen LogP contribution in [0.5, 0.6) is 0 Å². The van der Waals surface area contributed by atoms with Gasteiger partial charge in [0.05, 0.1) is 0 Å². The zero-order valence-electron chi connectivity index (χ0n) is 13.9. The summed E-state index contributed by atoms with van der Waals surface area (Å²) in [5.74, 6) is 0.585. The minimum Gasteiger partial charge on any atom is -0.310 e. The van der Waals surface area contributed by atoms with Crippen molar-refractivity contribution >= 4 is 0 Å². The molecule has 0 aromatic heterocycles. The van der Waals surface area contributed by atoms with Gasteiger partial charge in [0.15, 0.2) is 0 Å². The van der Waals surface area contributed by atoms with Crippen molar-refractivity contribution in [3.8, 4) is 11.1 Å². The largest absolute Gasteiger partial charge is 0.310 e. The first kappa shape index (κ1) is 15.8. The fourth-order valence-corrected chi connectivity index (χ4v) is 2.46.